The summed E-state index contributed by atoms with van der Waals surface area (Å²) in [6.07, 6.45) is 0.955. The number of likely N-dealkylation sites (tertiary alicyclic amines) is 1. The normalized spacial score (nSPS) is 23.5. The van der Waals surface area contributed by atoms with Gasteiger partial charge in [-0.25, -0.2) is 0 Å². The number of hydrogen-bond donors (Lipinski definition) is 1. The van der Waals surface area contributed by atoms with Crippen LogP contribution in [0.4, 0.5) is 0 Å². The molecule has 0 spiro atoms. The van der Waals surface area contributed by atoms with E-state index in [2.05, 4.69) is 0 Å². The van der Waals surface area contributed by atoms with Gasteiger partial charge in [-0.05, 0) is 37.4 Å². The average Bonchev–Trinajstić information content (AvgIpc) is 3.01. The number of amides is 2. The monoisotopic (exact) mass is 323 g/mol. The molecular weight excluding hydrogens is 302 g/mol. The molecule has 0 radical (unpaired) electrons. The van der Waals surface area contributed by atoms with Crippen LogP contribution in [0, 0.1) is 5.92 Å². The second-order valence-electron chi connectivity index (χ2n) is 6.05. The van der Waals surface area contributed by atoms with Crippen LogP contribution in [-0.2, 0) is 11.3 Å². The number of nitrogens with two attached hydrogens (primary N) is 1. The molecule has 2 aliphatic rings. The van der Waals surface area contributed by atoms with E-state index >= 15 is 0 Å². The standard InChI is InChI=1S/C16H21N3O2.ClH/c1-11-6-12(7-17)8-19(11)15(20)10-18-9-13-4-2-3-5-14(13)16(18)21;/h2-5,11-12H,6-10,17H2,1H3;1H. The van der Waals surface area contributed by atoms with Gasteiger partial charge in [0.1, 0.15) is 6.54 Å². The third kappa shape index (κ3) is 2.96. The quantitative estimate of drug-likeness (QED) is 0.910. The molecule has 2 aliphatic heterocycles. The summed E-state index contributed by atoms with van der Waals surface area (Å²) >= 11 is 0. The van der Waals surface area contributed by atoms with Crippen molar-refractivity contribution in [2.45, 2.75) is 25.9 Å². The molecule has 1 fully saturated rings. The molecule has 2 atom stereocenters. The van der Waals surface area contributed by atoms with Crippen LogP contribution >= 0.6 is 12.4 Å². The largest absolute Gasteiger partial charge is 0.338 e. The van der Waals surface area contributed by atoms with Crippen molar-refractivity contribution in [1.29, 1.82) is 0 Å². The van der Waals surface area contributed by atoms with Crippen molar-refractivity contribution in [1.82, 2.24) is 9.80 Å². The number of hydrogen-bond acceptors (Lipinski definition) is 3. The summed E-state index contributed by atoms with van der Waals surface area (Å²) in [4.78, 5) is 28.2. The summed E-state index contributed by atoms with van der Waals surface area (Å²) in [7, 11) is 0. The van der Waals surface area contributed by atoms with Gasteiger partial charge in [-0.1, -0.05) is 18.2 Å². The van der Waals surface area contributed by atoms with Crippen LogP contribution in [0.1, 0.15) is 29.3 Å². The predicted octanol–water partition coefficient (Wildman–Crippen LogP) is 1.26. The topological polar surface area (TPSA) is 66.6 Å². The molecular formula is C16H22ClN3O2. The van der Waals surface area contributed by atoms with Crippen molar-refractivity contribution in [2.75, 3.05) is 19.6 Å². The fourth-order valence-electron chi connectivity index (χ4n) is 3.36. The zero-order valence-electron chi connectivity index (χ0n) is 12.7. The van der Waals surface area contributed by atoms with Gasteiger partial charge in [-0.3, -0.25) is 9.59 Å². The number of nitrogens with zero attached hydrogens (tertiary/aromatic N) is 2. The number of fused-ring (bicyclic) bond motifs is 1. The fourth-order valence-corrected chi connectivity index (χ4v) is 3.36. The van der Waals surface area contributed by atoms with Crippen LogP contribution < -0.4 is 5.73 Å². The molecule has 2 N–H and O–H groups in total. The van der Waals surface area contributed by atoms with Crippen LogP contribution in [-0.4, -0.2) is 47.3 Å². The van der Waals surface area contributed by atoms with Gasteiger partial charge in [-0.15, -0.1) is 12.4 Å². The van der Waals surface area contributed by atoms with E-state index in [0.29, 0.717) is 25.6 Å². The first-order chi connectivity index (χ1) is 10.1. The van der Waals surface area contributed by atoms with Gasteiger partial charge in [-0.2, -0.15) is 0 Å². The average molecular weight is 324 g/mol. The molecule has 5 nitrogen and oxygen atoms in total. The van der Waals surface area contributed by atoms with E-state index < -0.39 is 0 Å². The van der Waals surface area contributed by atoms with Gasteiger partial charge in [0.25, 0.3) is 5.91 Å². The number of benzene rings is 1. The molecule has 0 saturated carbocycles. The Morgan fingerprint density at radius 3 is 2.73 bits per heavy atom. The lowest BCUT2D eigenvalue weighted by Gasteiger charge is -2.24. The molecule has 3 rings (SSSR count). The SMILES string of the molecule is CC1CC(CN)CN1C(=O)CN1Cc2ccccc2C1=O.Cl. The van der Waals surface area contributed by atoms with E-state index in [-0.39, 0.29) is 36.8 Å². The first kappa shape index (κ1) is 16.8. The minimum Gasteiger partial charge on any atom is -0.338 e. The van der Waals surface area contributed by atoms with Crippen molar-refractivity contribution < 1.29 is 9.59 Å². The summed E-state index contributed by atoms with van der Waals surface area (Å²) in [6, 6.07) is 7.76. The maximum absolute atomic E-state index is 12.5. The molecule has 2 heterocycles. The molecule has 2 amide bonds. The lowest BCUT2D eigenvalue weighted by molar-refractivity contribution is -0.132. The highest BCUT2D eigenvalue weighted by atomic mass is 35.5. The molecule has 22 heavy (non-hydrogen) atoms. The Morgan fingerprint density at radius 2 is 2.09 bits per heavy atom. The van der Waals surface area contributed by atoms with Gasteiger partial charge < -0.3 is 15.5 Å². The summed E-state index contributed by atoms with van der Waals surface area (Å²) in [5, 5.41) is 0. The van der Waals surface area contributed by atoms with E-state index in [4.69, 9.17) is 5.73 Å². The number of carbonyl (C=O) groups is 2. The van der Waals surface area contributed by atoms with Crippen molar-refractivity contribution in [3.63, 3.8) is 0 Å². The Bertz CT molecular complexity index is 578. The van der Waals surface area contributed by atoms with Crippen LogP contribution in [0.5, 0.6) is 0 Å². The first-order valence-corrected chi connectivity index (χ1v) is 7.47. The van der Waals surface area contributed by atoms with Gasteiger partial charge in [0, 0.05) is 24.7 Å². The van der Waals surface area contributed by atoms with Crippen molar-refractivity contribution in [3.05, 3.63) is 35.4 Å². The third-order valence-corrected chi connectivity index (χ3v) is 4.54. The molecule has 0 bridgehead atoms. The van der Waals surface area contributed by atoms with Gasteiger partial charge in [0.15, 0.2) is 0 Å². The molecule has 6 heteroatoms. The van der Waals surface area contributed by atoms with E-state index in [1.54, 1.807) is 4.90 Å². The van der Waals surface area contributed by atoms with Crippen LogP contribution in [0.2, 0.25) is 0 Å². The molecule has 1 saturated heterocycles. The van der Waals surface area contributed by atoms with E-state index in [9.17, 15) is 9.59 Å². The summed E-state index contributed by atoms with van der Waals surface area (Å²) in [6.45, 7) is 4.07. The third-order valence-electron chi connectivity index (χ3n) is 4.54. The molecule has 0 aromatic heterocycles. The summed E-state index contributed by atoms with van der Waals surface area (Å²) < 4.78 is 0. The van der Waals surface area contributed by atoms with Crippen molar-refractivity contribution >= 4 is 24.2 Å². The Morgan fingerprint density at radius 1 is 1.36 bits per heavy atom. The smallest absolute Gasteiger partial charge is 0.254 e. The molecule has 1 aromatic rings. The second-order valence-corrected chi connectivity index (χ2v) is 6.05. The summed E-state index contributed by atoms with van der Waals surface area (Å²) in [5.41, 5.74) is 7.43. The maximum atomic E-state index is 12.5. The zero-order valence-corrected chi connectivity index (χ0v) is 13.5. The number of halogens is 1. The highest BCUT2D eigenvalue weighted by Gasteiger charge is 2.34. The van der Waals surface area contributed by atoms with Crippen molar-refractivity contribution in [2.24, 2.45) is 11.7 Å². The van der Waals surface area contributed by atoms with E-state index in [1.807, 2.05) is 36.1 Å². The minimum absolute atomic E-state index is 0. The number of rotatable bonds is 3. The highest BCUT2D eigenvalue weighted by Crippen LogP contribution is 2.25. The molecule has 2 unspecified atom stereocenters. The van der Waals surface area contributed by atoms with Gasteiger partial charge in [0.05, 0.1) is 0 Å². The van der Waals surface area contributed by atoms with E-state index in [1.165, 1.54) is 0 Å². The maximum Gasteiger partial charge on any atom is 0.254 e. The Kier molecular flexibility index (Phi) is 5.08. The van der Waals surface area contributed by atoms with Gasteiger partial charge >= 0.3 is 0 Å². The van der Waals surface area contributed by atoms with Gasteiger partial charge in [0.2, 0.25) is 5.91 Å². The minimum atomic E-state index is -0.0406. The first-order valence-electron chi connectivity index (χ1n) is 7.47. The van der Waals surface area contributed by atoms with Crippen LogP contribution in [0.3, 0.4) is 0 Å². The second kappa shape index (κ2) is 6.67. The molecule has 0 aliphatic carbocycles. The lowest BCUT2D eigenvalue weighted by Crippen LogP contribution is -2.42. The number of carbonyl (C=O) groups excluding carboxylic acids is 2. The Balaban J connectivity index is 0.00000176. The fraction of sp³-hybridized carbons (Fsp3) is 0.500. The predicted molar refractivity (Wildman–Crippen MR) is 86.8 cm³/mol. The Hall–Kier alpha value is -1.59. The molecule has 1 aromatic carbocycles. The van der Waals surface area contributed by atoms with Crippen LogP contribution in [0.15, 0.2) is 24.3 Å². The summed E-state index contributed by atoms with van der Waals surface area (Å²) in [5.74, 6) is 0.371. The highest BCUT2D eigenvalue weighted by molar-refractivity contribution is 6.00. The van der Waals surface area contributed by atoms with Crippen molar-refractivity contribution in [3.8, 4) is 0 Å². The van der Waals surface area contributed by atoms with E-state index in [0.717, 1.165) is 17.5 Å². The zero-order chi connectivity index (χ0) is 15.0. The van der Waals surface area contributed by atoms with Crippen LogP contribution in [0.25, 0.3) is 0 Å². The Labute approximate surface area is 136 Å². The lowest BCUT2D eigenvalue weighted by atomic mass is 10.1. The molecule has 120 valence electrons.